The average molecular weight is 475 g/mol. The van der Waals surface area contributed by atoms with Crippen LogP contribution in [0.1, 0.15) is 0 Å². The van der Waals surface area contributed by atoms with E-state index < -0.39 is 0 Å². The molecule has 0 aliphatic rings. The van der Waals surface area contributed by atoms with Gasteiger partial charge in [-0.2, -0.15) is 0 Å². The molecule has 7 rings (SSSR count). The van der Waals surface area contributed by atoms with Gasteiger partial charge in [-0.3, -0.25) is 0 Å². The zero-order chi connectivity index (χ0) is 24.6. The van der Waals surface area contributed by atoms with Gasteiger partial charge in [-0.25, -0.2) is 9.97 Å². The molecule has 3 nitrogen and oxygen atoms in total. The number of hydrogen-bond acceptors (Lipinski definition) is 3. The third-order valence-electron chi connectivity index (χ3n) is 6.70. The molecule has 7 aromatic rings. The summed E-state index contributed by atoms with van der Waals surface area (Å²) in [6.45, 7) is 0. The van der Waals surface area contributed by atoms with Crippen LogP contribution in [-0.4, -0.2) is 9.97 Å². The molecule has 0 bridgehead atoms. The van der Waals surface area contributed by atoms with Crippen molar-refractivity contribution >= 4 is 21.9 Å². The predicted molar refractivity (Wildman–Crippen MR) is 151 cm³/mol. The second-order valence-electron chi connectivity index (χ2n) is 9.08. The molecule has 0 fully saturated rings. The zero-order valence-electron chi connectivity index (χ0n) is 20.0. The Labute approximate surface area is 214 Å². The number of hydrogen-bond donors (Lipinski definition) is 0. The molecule has 0 saturated heterocycles. The summed E-state index contributed by atoms with van der Waals surface area (Å²) in [5.74, 6) is 0.692. The van der Waals surface area contributed by atoms with Crippen molar-refractivity contribution in [3.8, 4) is 45.0 Å². The molecule has 0 saturated carbocycles. The summed E-state index contributed by atoms with van der Waals surface area (Å²) in [6.07, 6.45) is 0. The van der Waals surface area contributed by atoms with E-state index in [1.54, 1.807) is 0 Å². The summed E-state index contributed by atoms with van der Waals surface area (Å²) >= 11 is 0. The number of rotatable bonds is 4. The van der Waals surface area contributed by atoms with Gasteiger partial charge in [-0.15, -0.1) is 0 Å². The summed E-state index contributed by atoms with van der Waals surface area (Å²) in [5.41, 5.74) is 8.91. The molecular formula is C34H22N2O. The Balaban J connectivity index is 1.38. The van der Waals surface area contributed by atoms with E-state index in [0.717, 1.165) is 55.6 Å². The SMILES string of the molecule is c1ccc(-c2ccc3c(c2)oc2ccc(-c4nc(-c5ccccc5)cc(-c5ccccc5)n4)cc23)cc1. The van der Waals surface area contributed by atoms with Gasteiger partial charge >= 0.3 is 0 Å². The Morgan fingerprint density at radius 3 is 1.57 bits per heavy atom. The molecule has 2 aromatic heterocycles. The molecule has 0 radical (unpaired) electrons. The van der Waals surface area contributed by atoms with Crippen molar-refractivity contribution in [2.45, 2.75) is 0 Å². The van der Waals surface area contributed by atoms with Crippen molar-refractivity contribution in [1.29, 1.82) is 0 Å². The molecule has 5 aromatic carbocycles. The Morgan fingerprint density at radius 1 is 0.378 bits per heavy atom. The fraction of sp³-hybridized carbons (Fsp3) is 0. The van der Waals surface area contributed by atoms with Crippen LogP contribution in [0, 0.1) is 0 Å². The van der Waals surface area contributed by atoms with E-state index in [2.05, 4.69) is 78.9 Å². The molecule has 0 N–H and O–H groups in total. The lowest BCUT2D eigenvalue weighted by Crippen LogP contribution is -1.95. The molecule has 0 amide bonds. The third kappa shape index (κ3) is 3.97. The molecule has 2 heterocycles. The second-order valence-corrected chi connectivity index (χ2v) is 9.08. The first-order valence-electron chi connectivity index (χ1n) is 12.3. The lowest BCUT2D eigenvalue weighted by molar-refractivity contribution is 0.669. The van der Waals surface area contributed by atoms with E-state index in [1.807, 2.05) is 54.6 Å². The van der Waals surface area contributed by atoms with E-state index in [9.17, 15) is 0 Å². The highest BCUT2D eigenvalue weighted by molar-refractivity contribution is 6.07. The Bertz CT molecular complexity index is 1800. The predicted octanol–water partition coefficient (Wildman–Crippen LogP) is 9.04. The van der Waals surface area contributed by atoms with E-state index in [0.29, 0.717) is 5.82 Å². The second kappa shape index (κ2) is 8.89. The summed E-state index contributed by atoms with van der Waals surface area (Å²) < 4.78 is 6.25. The van der Waals surface area contributed by atoms with Crippen molar-refractivity contribution in [3.05, 3.63) is 133 Å². The first kappa shape index (κ1) is 21.3. The minimum absolute atomic E-state index is 0.692. The molecule has 0 atom stereocenters. The molecule has 174 valence electrons. The zero-order valence-corrected chi connectivity index (χ0v) is 20.0. The van der Waals surface area contributed by atoms with Gasteiger partial charge in [0.15, 0.2) is 5.82 Å². The molecule has 0 spiro atoms. The number of aromatic nitrogens is 2. The fourth-order valence-corrected chi connectivity index (χ4v) is 4.82. The number of nitrogens with zero attached hydrogens (tertiary/aromatic N) is 2. The highest BCUT2D eigenvalue weighted by Gasteiger charge is 2.14. The van der Waals surface area contributed by atoms with Gasteiger partial charge in [-0.05, 0) is 47.5 Å². The van der Waals surface area contributed by atoms with E-state index in [1.165, 1.54) is 5.56 Å². The fourth-order valence-electron chi connectivity index (χ4n) is 4.82. The molecule has 37 heavy (non-hydrogen) atoms. The van der Waals surface area contributed by atoms with Crippen LogP contribution in [0.2, 0.25) is 0 Å². The molecule has 0 unspecified atom stereocenters. The molecule has 0 aliphatic heterocycles. The van der Waals surface area contributed by atoms with Crippen LogP contribution in [-0.2, 0) is 0 Å². The maximum absolute atomic E-state index is 6.25. The Morgan fingerprint density at radius 2 is 0.946 bits per heavy atom. The van der Waals surface area contributed by atoms with Crippen LogP contribution < -0.4 is 0 Å². The van der Waals surface area contributed by atoms with Crippen molar-refractivity contribution in [1.82, 2.24) is 9.97 Å². The van der Waals surface area contributed by atoms with E-state index in [4.69, 9.17) is 14.4 Å². The smallest absolute Gasteiger partial charge is 0.160 e. The summed E-state index contributed by atoms with van der Waals surface area (Å²) in [5, 5.41) is 2.14. The summed E-state index contributed by atoms with van der Waals surface area (Å²) in [6, 6.07) is 45.5. The van der Waals surface area contributed by atoms with Crippen LogP contribution in [0.15, 0.2) is 138 Å². The first-order chi connectivity index (χ1) is 18.3. The third-order valence-corrected chi connectivity index (χ3v) is 6.70. The van der Waals surface area contributed by atoms with Crippen molar-refractivity contribution < 1.29 is 4.42 Å². The lowest BCUT2D eigenvalue weighted by atomic mass is 10.0. The van der Waals surface area contributed by atoms with E-state index >= 15 is 0 Å². The van der Waals surface area contributed by atoms with Gasteiger partial charge in [0.1, 0.15) is 11.2 Å². The molecular weight excluding hydrogens is 452 g/mol. The number of benzene rings is 5. The number of fused-ring (bicyclic) bond motifs is 3. The topological polar surface area (TPSA) is 38.9 Å². The first-order valence-corrected chi connectivity index (χ1v) is 12.3. The highest BCUT2D eigenvalue weighted by atomic mass is 16.3. The van der Waals surface area contributed by atoms with Gasteiger partial charge in [0.25, 0.3) is 0 Å². The van der Waals surface area contributed by atoms with Crippen LogP contribution in [0.5, 0.6) is 0 Å². The van der Waals surface area contributed by atoms with Crippen molar-refractivity contribution in [3.63, 3.8) is 0 Å². The Hall–Kier alpha value is -5.02. The van der Waals surface area contributed by atoms with Crippen molar-refractivity contribution in [2.24, 2.45) is 0 Å². The average Bonchev–Trinajstić information content (AvgIpc) is 3.35. The summed E-state index contributed by atoms with van der Waals surface area (Å²) in [7, 11) is 0. The lowest BCUT2D eigenvalue weighted by Gasteiger charge is -2.09. The maximum atomic E-state index is 6.25. The molecule has 3 heteroatoms. The quantitative estimate of drug-likeness (QED) is 0.255. The van der Waals surface area contributed by atoms with Crippen LogP contribution in [0.4, 0.5) is 0 Å². The van der Waals surface area contributed by atoms with Gasteiger partial charge in [0.05, 0.1) is 11.4 Å². The molecule has 0 aliphatic carbocycles. The minimum Gasteiger partial charge on any atom is -0.456 e. The largest absolute Gasteiger partial charge is 0.456 e. The standard InChI is InChI=1S/C34H22N2O/c1-4-10-23(11-5-1)26-16-18-28-29-20-27(17-19-32(29)37-33(28)21-26)34-35-30(24-12-6-2-7-13-24)22-31(36-34)25-14-8-3-9-15-25/h1-22H. The normalized spacial score (nSPS) is 11.2. The number of furan rings is 1. The van der Waals surface area contributed by atoms with Crippen LogP contribution >= 0.6 is 0 Å². The minimum atomic E-state index is 0.692. The highest BCUT2D eigenvalue weighted by Crippen LogP contribution is 2.35. The van der Waals surface area contributed by atoms with Crippen LogP contribution in [0.3, 0.4) is 0 Å². The summed E-state index contributed by atoms with van der Waals surface area (Å²) in [4.78, 5) is 9.97. The van der Waals surface area contributed by atoms with Crippen LogP contribution in [0.25, 0.3) is 67.0 Å². The maximum Gasteiger partial charge on any atom is 0.160 e. The van der Waals surface area contributed by atoms with Gasteiger partial charge in [-0.1, -0.05) is 97.1 Å². The van der Waals surface area contributed by atoms with Gasteiger partial charge < -0.3 is 4.42 Å². The van der Waals surface area contributed by atoms with E-state index in [-0.39, 0.29) is 0 Å². The van der Waals surface area contributed by atoms with Crippen molar-refractivity contribution in [2.75, 3.05) is 0 Å². The monoisotopic (exact) mass is 474 g/mol. The Kier molecular flexibility index (Phi) is 5.11. The van der Waals surface area contributed by atoms with Gasteiger partial charge in [0, 0.05) is 27.5 Å². The van der Waals surface area contributed by atoms with Gasteiger partial charge in [0.2, 0.25) is 0 Å².